The van der Waals surface area contributed by atoms with Crippen LogP contribution in [0, 0.1) is 0 Å². The molecular weight excluding hydrogens is 210 g/mol. The molecule has 0 spiro atoms. The van der Waals surface area contributed by atoms with Gasteiger partial charge in [0.15, 0.2) is 0 Å². The molecule has 0 aliphatic carbocycles. The molecule has 0 rings (SSSR count). The van der Waals surface area contributed by atoms with E-state index < -0.39 is 7.32 Å². The maximum absolute atomic E-state index is 8.42. The van der Waals surface area contributed by atoms with Gasteiger partial charge < -0.3 is 15.1 Å². The summed E-state index contributed by atoms with van der Waals surface area (Å²) in [6, 6.07) is 0. The van der Waals surface area contributed by atoms with Crippen molar-refractivity contribution in [1.82, 2.24) is 0 Å². The van der Waals surface area contributed by atoms with Gasteiger partial charge in [0.1, 0.15) is 0 Å². The van der Waals surface area contributed by atoms with Gasteiger partial charge in [-0.05, 0) is 0 Å². The molecule has 75 valence electrons. The van der Waals surface area contributed by atoms with Crippen LogP contribution in [-0.2, 0) is 20.2 Å². The summed E-state index contributed by atoms with van der Waals surface area (Å²) < 4.78 is 4.45. The average Bonchev–Trinajstić information content (AvgIpc) is 1.97. The second-order valence-electron chi connectivity index (χ2n) is 2.14. The fourth-order valence-corrected chi connectivity index (χ4v) is 0.708. The summed E-state index contributed by atoms with van der Waals surface area (Å²) in [7, 11) is -2.92. The topological polar surface area (TPSA) is 78.4 Å². The monoisotopic (exact) mass is 223 g/mol. The van der Waals surface area contributed by atoms with Crippen LogP contribution in [0.25, 0.3) is 0 Å². The minimum atomic E-state index is -2.92. The molecule has 0 saturated heterocycles. The van der Waals surface area contributed by atoms with Gasteiger partial charge in [0.05, 0.1) is 0 Å². The van der Waals surface area contributed by atoms with Crippen LogP contribution >= 0.6 is 0 Å². The van der Waals surface area contributed by atoms with Gasteiger partial charge in [0, 0.05) is 0 Å². The number of unbranched alkanes of at least 4 members (excludes halogenated alkanes) is 3. The predicted molar refractivity (Wildman–Crippen MR) is 35.8 cm³/mol. The Morgan fingerprint density at radius 3 is 2.00 bits per heavy atom. The van der Waals surface area contributed by atoms with Crippen molar-refractivity contribution in [2.45, 2.75) is 32.6 Å². The second kappa shape index (κ2) is 14.0. The Hall–Kier alpha value is 0.424. The Balaban J connectivity index is 0. The van der Waals surface area contributed by atoms with Crippen molar-refractivity contribution >= 4 is 7.32 Å². The third-order valence-corrected chi connectivity index (χ3v) is 1.25. The van der Waals surface area contributed by atoms with Crippen LogP contribution in [0.4, 0.5) is 0 Å². The van der Waals surface area contributed by atoms with Crippen LogP contribution in [0.3, 0.4) is 0 Å². The van der Waals surface area contributed by atoms with E-state index >= 15 is 0 Å². The molecule has 0 aliphatic rings. The molecule has 0 aliphatic heterocycles. The molecule has 0 atom stereocenters. The Kier molecular flexibility index (Phi) is 17.4. The molecule has 0 fully saturated rings. The first-order valence-corrected chi connectivity index (χ1v) is 4.21. The van der Waals surface area contributed by atoms with E-state index in [9.17, 15) is 0 Å². The second-order valence-corrected chi connectivity index (χ2v) is 2.41. The van der Waals surface area contributed by atoms with Crippen molar-refractivity contribution in [2.24, 2.45) is 0 Å². The van der Waals surface area contributed by atoms with Gasteiger partial charge in [-0.15, -0.1) is 0 Å². The first-order valence-electron chi connectivity index (χ1n) is 3.83. The Morgan fingerprint density at radius 1 is 1.17 bits per heavy atom. The minimum Gasteiger partial charge on any atom is -0.907 e. The summed E-state index contributed by atoms with van der Waals surface area (Å²) in [6.45, 7) is 2.92. The fourth-order valence-electron chi connectivity index (χ4n) is 0.572. The van der Waals surface area contributed by atoms with Crippen molar-refractivity contribution < 1.29 is 35.2 Å². The van der Waals surface area contributed by atoms with Gasteiger partial charge in [-0.1, -0.05) is 0 Å². The molecular formula is C6H13BCuO4. The van der Waals surface area contributed by atoms with Crippen LogP contribution < -0.4 is 15.1 Å². The molecule has 0 aromatic carbocycles. The smallest absolute Gasteiger partial charge is 0.278 e. The van der Waals surface area contributed by atoms with E-state index in [2.05, 4.69) is 27.1 Å². The fraction of sp³-hybridized carbons (Fsp3) is 1.00. The standard InChI is InChI=1S/C6H13O.BO3.Cu/c1-2-3-4-5-6-7;2-1(3)4;/h2-6H2,1H3;;/q-1;-3;+4. The SMILES string of the molecule is CCCCCC[O][Cu+3].[O-]B([O-])[O-]. The van der Waals surface area contributed by atoms with Crippen molar-refractivity contribution in [3.05, 3.63) is 0 Å². The Morgan fingerprint density at radius 2 is 1.67 bits per heavy atom. The largest absolute Gasteiger partial charge is 0.907 e. The molecule has 0 saturated carbocycles. The van der Waals surface area contributed by atoms with Crippen molar-refractivity contribution in [3.63, 3.8) is 0 Å². The van der Waals surface area contributed by atoms with Crippen LogP contribution in [0.2, 0.25) is 0 Å². The predicted octanol–water partition coefficient (Wildman–Crippen LogP) is -1.90. The summed E-state index contributed by atoms with van der Waals surface area (Å²) in [5, 5.41) is 25.2. The van der Waals surface area contributed by atoms with Crippen molar-refractivity contribution in [2.75, 3.05) is 6.61 Å². The number of hydrogen-bond donors (Lipinski definition) is 0. The zero-order chi connectivity index (χ0) is 9.82. The Bertz CT molecular complexity index is 65.8. The average molecular weight is 224 g/mol. The van der Waals surface area contributed by atoms with Crippen molar-refractivity contribution in [3.8, 4) is 0 Å². The third kappa shape index (κ3) is 31.5. The maximum atomic E-state index is 8.42. The summed E-state index contributed by atoms with van der Waals surface area (Å²) in [6.07, 6.45) is 4.95. The molecule has 0 heterocycles. The first-order chi connectivity index (χ1) is 5.65. The minimum absolute atomic E-state index is 0.736. The summed E-state index contributed by atoms with van der Waals surface area (Å²) in [4.78, 5) is 0. The Labute approximate surface area is 82.3 Å². The molecule has 0 bridgehead atoms. The summed E-state index contributed by atoms with van der Waals surface area (Å²) >= 11 is 4.43. The molecule has 0 aromatic rings. The molecule has 4 nitrogen and oxygen atoms in total. The number of rotatable bonds is 5. The maximum Gasteiger partial charge on any atom is -0.278 e. The molecule has 0 radical (unpaired) electrons. The molecule has 12 heavy (non-hydrogen) atoms. The normalized spacial score (nSPS) is 8.75. The first kappa shape index (κ1) is 14.9. The zero-order valence-corrected chi connectivity index (χ0v) is 7.99. The van der Waals surface area contributed by atoms with E-state index in [4.69, 9.17) is 15.1 Å². The van der Waals surface area contributed by atoms with Gasteiger partial charge in [0.2, 0.25) is 0 Å². The van der Waals surface area contributed by atoms with Crippen LogP contribution in [0.15, 0.2) is 0 Å². The van der Waals surface area contributed by atoms with Crippen LogP contribution in [-0.4, -0.2) is 13.9 Å². The molecule has 0 amide bonds. The summed E-state index contributed by atoms with van der Waals surface area (Å²) in [5.41, 5.74) is 0. The summed E-state index contributed by atoms with van der Waals surface area (Å²) in [5.74, 6) is 0. The molecule has 0 unspecified atom stereocenters. The van der Waals surface area contributed by atoms with E-state index in [1.807, 2.05) is 0 Å². The van der Waals surface area contributed by atoms with Crippen LogP contribution in [0.5, 0.6) is 0 Å². The zero-order valence-electron chi connectivity index (χ0n) is 7.05. The van der Waals surface area contributed by atoms with Gasteiger partial charge in [-0.25, -0.2) is 0 Å². The molecule has 0 N–H and O–H groups in total. The van der Waals surface area contributed by atoms with Gasteiger partial charge >= 0.3 is 59.4 Å². The van der Waals surface area contributed by atoms with E-state index in [0.717, 1.165) is 13.0 Å². The van der Waals surface area contributed by atoms with E-state index in [1.54, 1.807) is 0 Å². The quantitative estimate of drug-likeness (QED) is 0.403. The van der Waals surface area contributed by atoms with Gasteiger partial charge in [-0.3, -0.25) is 7.32 Å². The van der Waals surface area contributed by atoms with E-state index in [0.29, 0.717) is 0 Å². The third-order valence-electron chi connectivity index (χ3n) is 1.06. The molecule has 6 heteroatoms. The molecule has 0 aromatic heterocycles. The van der Waals surface area contributed by atoms with Crippen LogP contribution in [0.1, 0.15) is 32.6 Å². The van der Waals surface area contributed by atoms with Crippen molar-refractivity contribution in [1.29, 1.82) is 0 Å². The van der Waals surface area contributed by atoms with Gasteiger partial charge in [-0.2, -0.15) is 0 Å². The van der Waals surface area contributed by atoms with Gasteiger partial charge in [0.25, 0.3) is 0 Å². The number of hydrogen-bond acceptors (Lipinski definition) is 4. The van der Waals surface area contributed by atoms with E-state index in [1.165, 1.54) is 19.3 Å². The van der Waals surface area contributed by atoms with E-state index in [-0.39, 0.29) is 0 Å².